The molecule has 216 valence electrons. The molecule has 9 heteroatoms. The van der Waals surface area contributed by atoms with Crippen LogP contribution in [0.1, 0.15) is 44.2 Å². The standard InChI is InChI=1S/C32H35ClFN3O4/c1-17-5-4-6-24(19(17)3)36-30(39)28-32-14-13-25(41-32)26(29(38)35-22-12-7-18(2)23(33)15-22)27(32)31(40)37(28)16-20-8-10-21(34)11-9-20/h7-15,17,19,24-28H,4-6,16H2,1-3H3,(H,35,38)(H,36,39)/t17?,19?,24?,25-,26?,27-,28?,32?/m1/s1. The van der Waals surface area contributed by atoms with Gasteiger partial charge in [-0.3, -0.25) is 14.4 Å². The number of hydrogen-bond acceptors (Lipinski definition) is 4. The fourth-order valence-corrected chi connectivity index (χ4v) is 7.35. The molecular weight excluding hydrogens is 545 g/mol. The number of nitrogens with zero attached hydrogens (tertiary/aromatic N) is 1. The van der Waals surface area contributed by atoms with Crippen molar-refractivity contribution in [3.05, 3.63) is 76.6 Å². The van der Waals surface area contributed by atoms with Gasteiger partial charge in [0.15, 0.2) is 0 Å². The van der Waals surface area contributed by atoms with Gasteiger partial charge in [-0.2, -0.15) is 0 Å². The highest BCUT2D eigenvalue weighted by Crippen LogP contribution is 2.55. The Balaban J connectivity index is 1.32. The van der Waals surface area contributed by atoms with Crippen molar-refractivity contribution in [2.75, 3.05) is 5.32 Å². The van der Waals surface area contributed by atoms with E-state index in [2.05, 4.69) is 24.5 Å². The Morgan fingerprint density at radius 2 is 1.88 bits per heavy atom. The molecule has 2 N–H and O–H groups in total. The fraction of sp³-hybridized carbons (Fsp3) is 0.469. The van der Waals surface area contributed by atoms with Crippen LogP contribution in [-0.2, 0) is 25.7 Å². The summed E-state index contributed by atoms with van der Waals surface area (Å²) in [5.41, 5.74) is 0.812. The van der Waals surface area contributed by atoms with E-state index >= 15 is 0 Å². The molecule has 0 aromatic heterocycles. The highest BCUT2D eigenvalue weighted by molar-refractivity contribution is 6.31. The van der Waals surface area contributed by atoms with Crippen molar-refractivity contribution in [1.82, 2.24) is 10.2 Å². The molecule has 1 spiro atoms. The molecule has 4 aliphatic rings. The zero-order valence-corrected chi connectivity index (χ0v) is 24.2. The maximum absolute atomic E-state index is 14.2. The van der Waals surface area contributed by atoms with Crippen LogP contribution in [0.15, 0.2) is 54.6 Å². The van der Waals surface area contributed by atoms with Gasteiger partial charge in [0.05, 0.1) is 17.9 Å². The van der Waals surface area contributed by atoms with Crippen molar-refractivity contribution < 1.29 is 23.5 Å². The summed E-state index contributed by atoms with van der Waals surface area (Å²) in [6.07, 6.45) is 5.97. The number of nitrogens with one attached hydrogen (secondary N) is 2. The Hall–Kier alpha value is -3.23. The highest BCUT2D eigenvalue weighted by atomic mass is 35.5. The number of carbonyl (C=O) groups excluding carboxylic acids is 3. The molecule has 7 nitrogen and oxygen atoms in total. The lowest BCUT2D eigenvalue weighted by atomic mass is 9.73. The predicted molar refractivity (Wildman–Crippen MR) is 153 cm³/mol. The van der Waals surface area contributed by atoms with Crippen molar-refractivity contribution in [2.24, 2.45) is 23.7 Å². The van der Waals surface area contributed by atoms with Gasteiger partial charge in [0.2, 0.25) is 17.7 Å². The molecule has 0 radical (unpaired) electrons. The monoisotopic (exact) mass is 579 g/mol. The van der Waals surface area contributed by atoms with E-state index in [0.717, 1.165) is 24.8 Å². The first-order chi connectivity index (χ1) is 19.6. The number of aryl methyl sites for hydroxylation is 1. The molecule has 3 fully saturated rings. The molecule has 6 rings (SSSR count). The van der Waals surface area contributed by atoms with Gasteiger partial charge in [-0.1, -0.05) is 68.6 Å². The van der Waals surface area contributed by atoms with Crippen LogP contribution in [0.25, 0.3) is 0 Å². The van der Waals surface area contributed by atoms with Gasteiger partial charge >= 0.3 is 0 Å². The number of likely N-dealkylation sites (tertiary alicyclic amines) is 1. The van der Waals surface area contributed by atoms with Crippen LogP contribution >= 0.6 is 11.6 Å². The number of amides is 3. The summed E-state index contributed by atoms with van der Waals surface area (Å²) in [7, 11) is 0. The van der Waals surface area contributed by atoms with E-state index in [9.17, 15) is 18.8 Å². The largest absolute Gasteiger partial charge is 0.359 e. The highest BCUT2D eigenvalue weighted by Gasteiger charge is 2.72. The summed E-state index contributed by atoms with van der Waals surface area (Å²) in [5, 5.41) is 6.68. The number of anilines is 1. The first-order valence-electron chi connectivity index (χ1n) is 14.4. The van der Waals surface area contributed by atoms with E-state index in [1.807, 2.05) is 13.0 Å². The van der Waals surface area contributed by atoms with Crippen molar-refractivity contribution in [3.8, 4) is 0 Å². The molecule has 3 heterocycles. The molecular formula is C32H35ClFN3O4. The fourth-order valence-electron chi connectivity index (χ4n) is 7.17. The van der Waals surface area contributed by atoms with Crippen molar-refractivity contribution in [3.63, 3.8) is 0 Å². The Labute approximate surface area is 244 Å². The van der Waals surface area contributed by atoms with E-state index in [0.29, 0.717) is 28.1 Å². The Bertz CT molecular complexity index is 1410. The summed E-state index contributed by atoms with van der Waals surface area (Å²) in [6.45, 7) is 6.32. The van der Waals surface area contributed by atoms with Crippen LogP contribution in [0, 0.1) is 36.4 Å². The Morgan fingerprint density at radius 3 is 2.61 bits per heavy atom. The van der Waals surface area contributed by atoms with E-state index in [-0.39, 0.29) is 36.1 Å². The predicted octanol–water partition coefficient (Wildman–Crippen LogP) is 5.02. The summed E-state index contributed by atoms with van der Waals surface area (Å²) in [5.74, 6) is -2.30. The summed E-state index contributed by atoms with van der Waals surface area (Å²) in [4.78, 5) is 43.5. The molecule has 1 aliphatic carbocycles. The lowest BCUT2D eigenvalue weighted by Crippen LogP contribution is -2.57. The van der Waals surface area contributed by atoms with Gasteiger partial charge in [-0.25, -0.2) is 4.39 Å². The van der Waals surface area contributed by atoms with Gasteiger partial charge in [-0.05, 0) is 60.6 Å². The topological polar surface area (TPSA) is 87.7 Å². The third-order valence-electron chi connectivity index (χ3n) is 9.67. The number of carbonyl (C=O) groups is 3. The normalized spacial score (nSPS) is 33.6. The molecule has 2 bridgehead atoms. The molecule has 2 aromatic rings. The van der Waals surface area contributed by atoms with Crippen molar-refractivity contribution in [1.29, 1.82) is 0 Å². The maximum Gasteiger partial charge on any atom is 0.246 e. The average Bonchev–Trinajstić information content (AvgIpc) is 3.58. The van der Waals surface area contributed by atoms with Gasteiger partial charge in [0.25, 0.3) is 0 Å². The van der Waals surface area contributed by atoms with E-state index in [1.54, 1.807) is 36.4 Å². The molecule has 2 saturated heterocycles. The Morgan fingerprint density at radius 1 is 1.12 bits per heavy atom. The molecule has 1 saturated carbocycles. The summed E-state index contributed by atoms with van der Waals surface area (Å²) >= 11 is 6.27. The van der Waals surface area contributed by atoms with Crippen LogP contribution in [0.4, 0.5) is 10.1 Å². The SMILES string of the molecule is Cc1ccc(NC(=O)C2[C@H]3C=CC4(O3)C(C(=O)NC3CCCC(C)C3C)N(Cc3ccc(F)cc3)C(=O)[C@@H]24)cc1Cl. The average molecular weight is 580 g/mol. The van der Waals surface area contributed by atoms with Gasteiger partial charge in [-0.15, -0.1) is 0 Å². The zero-order chi connectivity index (χ0) is 29.1. The van der Waals surface area contributed by atoms with Crippen molar-refractivity contribution in [2.45, 2.75) is 70.4 Å². The van der Waals surface area contributed by atoms with Crippen LogP contribution < -0.4 is 10.6 Å². The van der Waals surface area contributed by atoms with Crippen LogP contribution in [0.2, 0.25) is 5.02 Å². The molecule has 3 aliphatic heterocycles. The number of halogens is 2. The third kappa shape index (κ3) is 4.75. The van der Waals surface area contributed by atoms with Gasteiger partial charge < -0.3 is 20.3 Å². The van der Waals surface area contributed by atoms with Gasteiger partial charge in [0, 0.05) is 23.3 Å². The lowest BCUT2D eigenvalue weighted by Gasteiger charge is -2.38. The van der Waals surface area contributed by atoms with Crippen LogP contribution in [0.3, 0.4) is 0 Å². The molecule has 3 amide bonds. The zero-order valence-electron chi connectivity index (χ0n) is 23.4. The molecule has 6 unspecified atom stereocenters. The second kappa shape index (κ2) is 10.6. The minimum atomic E-state index is -1.28. The molecule has 8 atom stereocenters. The van der Waals surface area contributed by atoms with E-state index in [1.165, 1.54) is 17.0 Å². The van der Waals surface area contributed by atoms with E-state index in [4.69, 9.17) is 16.3 Å². The number of hydrogen-bond donors (Lipinski definition) is 2. The second-order valence-electron chi connectivity index (χ2n) is 12.1. The number of rotatable bonds is 6. The quantitative estimate of drug-likeness (QED) is 0.471. The van der Waals surface area contributed by atoms with Crippen LogP contribution in [0.5, 0.6) is 0 Å². The molecule has 2 aromatic carbocycles. The summed E-state index contributed by atoms with van der Waals surface area (Å²) in [6, 6.07) is 10.1. The maximum atomic E-state index is 14.2. The van der Waals surface area contributed by atoms with Crippen molar-refractivity contribution >= 4 is 35.0 Å². The summed E-state index contributed by atoms with van der Waals surface area (Å²) < 4.78 is 20.1. The number of fused-ring (bicyclic) bond motifs is 1. The Kier molecular flexibility index (Phi) is 7.19. The van der Waals surface area contributed by atoms with Crippen LogP contribution in [-0.4, -0.2) is 46.4 Å². The lowest BCUT2D eigenvalue weighted by molar-refractivity contribution is -0.142. The first-order valence-corrected chi connectivity index (χ1v) is 14.8. The van der Waals surface area contributed by atoms with E-state index < -0.39 is 29.6 Å². The molecule has 41 heavy (non-hydrogen) atoms. The minimum Gasteiger partial charge on any atom is -0.359 e. The van der Waals surface area contributed by atoms with Gasteiger partial charge in [0.1, 0.15) is 17.5 Å². The smallest absolute Gasteiger partial charge is 0.246 e. The second-order valence-corrected chi connectivity index (χ2v) is 12.5. The number of benzene rings is 2. The number of ether oxygens (including phenoxy) is 1. The first kappa shape index (κ1) is 27.9. The third-order valence-corrected chi connectivity index (χ3v) is 10.1. The minimum absolute atomic E-state index is 0.0163.